The Hall–Kier alpha value is -1.39. The third-order valence-corrected chi connectivity index (χ3v) is 3.06. The van der Waals surface area contributed by atoms with E-state index in [2.05, 4.69) is 21.8 Å². The number of carbonyl (C=O) groups is 1. The summed E-state index contributed by atoms with van der Waals surface area (Å²) in [6.07, 6.45) is 1.19. The summed E-state index contributed by atoms with van der Waals surface area (Å²) in [4.78, 5) is 13.0. The van der Waals surface area contributed by atoms with Crippen LogP contribution in [0.1, 0.15) is 18.4 Å². The Morgan fingerprint density at radius 2 is 2.05 bits per heavy atom. The van der Waals surface area contributed by atoms with Crippen molar-refractivity contribution < 1.29 is 14.6 Å². The fourth-order valence-electron chi connectivity index (χ4n) is 1.89. The number of ether oxygens (including phenoxy) is 1. The first-order valence-corrected chi connectivity index (χ1v) is 6.59. The lowest BCUT2D eigenvalue weighted by Gasteiger charge is -2.20. The van der Waals surface area contributed by atoms with Crippen molar-refractivity contribution in [3.63, 3.8) is 0 Å². The van der Waals surface area contributed by atoms with E-state index in [1.165, 1.54) is 12.7 Å². The minimum atomic E-state index is -0.486. The molecule has 0 aliphatic carbocycles. The molecular formula is C15H23NO3. The van der Waals surface area contributed by atoms with Crippen molar-refractivity contribution in [2.45, 2.75) is 25.4 Å². The molecule has 106 valence electrons. The molecule has 0 aliphatic rings. The zero-order valence-corrected chi connectivity index (χ0v) is 11.7. The van der Waals surface area contributed by atoms with Crippen LogP contribution in [0.2, 0.25) is 0 Å². The second-order valence-electron chi connectivity index (χ2n) is 4.77. The number of rotatable bonds is 8. The fourth-order valence-corrected chi connectivity index (χ4v) is 1.89. The lowest BCUT2D eigenvalue weighted by molar-refractivity contribution is -0.141. The highest BCUT2D eigenvalue weighted by Gasteiger charge is 2.10. The van der Waals surface area contributed by atoms with Gasteiger partial charge in [-0.1, -0.05) is 30.3 Å². The van der Waals surface area contributed by atoms with Crippen molar-refractivity contribution in [3.05, 3.63) is 35.9 Å². The number of esters is 1. The summed E-state index contributed by atoms with van der Waals surface area (Å²) in [6, 6.07) is 10.3. The number of benzene rings is 1. The normalized spacial score (nSPS) is 12.4. The van der Waals surface area contributed by atoms with Crippen LogP contribution in [0.5, 0.6) is 0 Å². The van der Waals surface area contributed by atoms with Crippen LogP contribution in [0.3, 0.4) is 0 Å². The van der Waals surface area contributed by atoms with Gasteiger partial charge in [0.15, 0.2) is 0 Å². The van der Waals surface area contributed by atoms with Gasteiger partial charge in [0.2, 0.25) is 0 Å². The van der Waals surface area contributed by atoms with Crippen LogP contribution in [0.15, 0.2) is 30.3 Å². The zero-order valence-electron chi connectivity index (χ0n) is 11.7. The van der Waals surface area contributed by atoms with E-state index in [4.69, 9.17) is 0 Å². The molecule has 0 heterocycles. The van der Waals surface area contributed by atoms with Crippen LogP contribution in [0.25, 0.3) is 0 Å². The summed E-state index contributed by atoms with van der Waals surface area (Å²) >= 11 is 0. The van der Waals surface area contributed by atoms with E-state index in [-0.39, 0.29) is 12.4 Å². The zero-order chi connectivity index (χ0) is 14.1. The maximum Gasteiger partial charge on any atom is 0.305 e. The maximum atomic E-state index is 11.0. The van der Waals surface area contributed by atoms with Gasteiger partial charge in [0, 0.05) is 19.5 Å². The van der Waals surface area contributed by atoms with Gasteiger partial charge in [-0.05, 0) is 25.5 Å². The van der Waals surface area contributed by atoms with Gasteiger partial charge in [-0.2, -0.15) is 0 Å². The van der Waals surface area contributed by atoms with Gasteiger partial charge in [-0.25, -0.2) is 0 Å². The molecule has 0 aromatic heterocycles. The quantitative estimate of drug-likeness (QED) is 0.723. The molecule has 0 amide bonds. The van der Waals surface area contributed by atoms with Crippen LogP contribution in [-0.4, -0.2) is 49.3 Å². The highest BCUT2D eigenvalue weighted by molar-refractivity contribution is 5.69. The lowest BCUT2D eigenvalue weighted by atomic mass is 10.1. The standard InChI is InChI=1S/C15H23NO3/c1-16(11-10-13-6-4-3-5-7-13)12-14(17)8-9-15(18)19-2/h3-7,14,17H,8-12H2,1-2H3. The van der Waals surface area contributed by atoms with E-state index in [0.29, 0.717) is 13.0 Å². The summed E-state index contributed by atoms with van der Waals surface area (Å²) in [7, 11) is 3.34. The van der Waals surface area contributed by atoms with E-state index in [1.807, 2.05) is 25.2 Å². The number of nitrogens with zero attached hydrogens (tertiary/aromatic N) is 1. The molecule has 1 atom stereocenters. The average molecular weight is 265 g/mol. The molecule has 1 unspecified atom stereocenters. The Kier molecular flexibility index (Phi) is 7.15. The molecule has 0 saturated carbocycles. The highest BCUT2D eigenvalue weighted by atomic mass is 16.5. The predicted molar refractivity (Wildman–Crippen MR) is 74.9 cm³/mol. The van der Waals surface area contributed by atoms with Crippen molar-refractivity contribution in [3.8, 4) is 0 Å². The van der Waals surface area contributed by atoms with Crippen LogP contribution in [0.4, 0.5) is 0 Å². The largest absolute Gasteiger partial charge is 0.469 e. The number of carbonyl (C=O) groups excluding carboxylic acids is 1. The smallest absolute Gasteiger partial charge is 0.305 e. The number of aliphatic hydroxyl groups is 1. The van der Waals surface area contributed by atoms with Crippen molar-refractivity contribution in [2.24, 2.45) is 0 Å². The second kappa shape index (κ2) is 8.67. The number of likely N-dealkylation sites (N-methyl/N-ethyl adjacent to an activating group) is 1. The Bertz CT molecular complexity index is 367. The molecule has 0 radical (unpaired) electrons. The Morgan fingerprint density at radius 1 is 1.37 bits per heavy atom. The minimum absolute atomic E-state index is 0.268. The molecule has 0 aliphatic heterocycles. The van der Waals surface area contributed by atoms with Gasteiger partial charge in [0.1, 0.15) is 0 Å². The molecule has 1 N–H and O–H groups in total. The summed E-state index contributed by atoms with van der Waals surface area (Å²) in [5, 5.41) is 9.81. The number of methoxy groups -OCH3 is 1. The van der Waals surface area contributed by atoms with Crippen LogP contribution < -0.4 is 0 Å². The molecule has 0 bridgehead atoms. The molecule has 4 heteroatoms. The lowest BCUT2D eigenvalue weighted by Crippen LogP contribution is -2.31. The fraction of sp³-hybridized carbons (Fsp3) is 0.533. The van der Waals surface area contributed by atoms with Crippen LogP contribution in [-0.2, 0) is 16.0 Å². The van der Waals surface area contributed by atoms with Crippen molar-refractivity contribution in [2.75, 3.05) is 27.2 Å². The monoisotopic (exact) mass is 265 g/mol. The first kappa shape index (κ1) is 15.7. The Morgan fingerprint density at radius 3 is 2.68 bits per heavy atom. The van der Waals surface area contributed by atoms with Crippen LogP contribution >= 0.6 is 0 Å². The number of aliphatic hydroxyl groups excluding tert-OH is 1. The Balaban J connectivity index is 2.19. The van der Waals surface area contributed by atoms with E-state index in [0.717, 1.165) is 13.0 Å². The molecule has 1 aromatic carbocycles. The second-order valence-corrected chi connectivity index (χ2v) is 4.77. The van der Waals surface area contributed by atoms with Gasteiger partial charge in [0.05, 0.1) is 13.2 Å². The van der Waals surface area contributed by atoms with Gasteiger partial charge in [-0.15, -0.1) is 0 Å². The molecule has 0 saturated heterocycles. The van der Waals surface area contributed by atoms with Crippen LogP contribution in [0, 0.1) is 0 Å². The highest BCUT2D eigenvalue weighted by Crippen LogP contribution is 2.03. The SMILES string of the molecule is COC(=O)CCC(O)CN(C)CCc1ccccc1. The number of hydrogen-bond donors (Lipinski definition) is 1. The van der Waals surface area contributed by atoms with Gasteiger partial charge < -0.3 is 14.7 Å². The van der Waals surface area contributed by atoms with Crippen molar-refractivity contribution >= 4 is 5.97 Å². The van der Waals surface area contributed by atoms with E-state index in [9.17, 15) is 9.90 Å². The minimum Gasteiger partial charge on any atom is -0.469 e. The van der Waals surface area contributed by atoms with Gasteiger partial charge in [-0.3, -0.25) is 4.79 Å². The van der Waals surface area contributed by atoms with E-state index >= 15 is 0 Å². The topological polar surface area (TPSA) is 49.8 Å². The summed E-state index contributed by atoms with van der Waals surface area (Å²) in [6.45, 7) is 1.46. The van der Waals surface area contributed by atoms with Gasteiger partial charge in [0.25, 0.3) is 0 Å². The number of hydrogen-bond acceptors (Lipinski definition) is 4. The van der Waals surface area contributed by atoms with E-state index in [1.54, 1.807) is 0 Å². The molecule has 19 heavy (non-hydrogen) atoms. The summed E-state index contributed by atoms with van der Waals surface area (Å²) < 4.78 is 4.55. The predicted octanol–water partition coefficient (Wildman–Crippen LogP) is 1.47. The Labute approximate surface area is 115 Å². The molecule has 0 spiro atoms. The molecule has 1 aromatic rings. The first-order chi connectivity index (χ1) is 9.11. The average Bonchev–Trinajstić information content (AvgIpc) is 2.43. The van der Waals surface area contributed by atoms with Gasteiger partial charge >= 0.3 is 5.97 Å². The summed E-state index contributed by atoms with van der Waals surface area (Å²) in [5.41, 5.74) is 1.29. The molecular weight excluding hydrogens is 242 g/mol. The molecule has 4 nitrogen and oxygen atoms in total. The molecule has 1 rings (SSSR count). The maximum absolute atomic E-state index is 11.0. The molecule has 0 fully saturated rings. The first-order valence-electron chi connectivity index (χ1n) is 6.59. The van der Waals surface area contributed by atoms with E-state index < -0.39 is 6.10 Å². The van der Waals surface area contributed by atoms with Crippen molar-refractivity contribution in [1.29, 1.82) is 0 Å². The summed E-state index contributed by atoms with van der Waals surface area (Å²) in [5.74, 6) is -0.272. The third-order valence-electron chi connectivity index (χ3n) is 3.06. The third kappa shape index (κ3) is 6.94. The van der Waals surface area contributed by atoms with Crippen molar-refractivity contribution in [1.82, 2.24) is 4.90 Å².